The largest absolute Gasteiger partial charge is 0.478 e. The molecule has 1 atom stereocenters. The normalized spacial score (nSPS) is 19.8. The van der Waals surface area contributed by atoms with Crippen LogP contribution in [-0.2, 0) is 16.4 Å². The van der Waals surface area contributed by atoms with Crippen molar-refractivity contribution in [2.75, 3.05) is 13.2 Å². The number of carboxylic acid groups (broad SMARTS) is 1. The van der Waals surface area contributed by atoms with Crippen LogP contribution in [0.3, 0.4) is 0 Å². The maximum Gasteiger partial charge on any atom is 0.336 e. The fourth-order valence-electron chi connectivity index (χ4n) is 2.67. The SMILES string of the molecule is CCc1ccc(S(=O)(=O)N2CCC[C@H]2CO)cc1C(=O)O. The molecule has 6 nitrogen and oxygen atoms in total. The monoisotopic (exact) mass is 313 g/mol. The summed E-state index contributed by atoms with van der Waals surface area (Å²) in [5.74, 6) is -1.14. The van der Waals surface area contributed by atoms with Crippen LogP contribution in [-0.4, -0.2) is 48.1 Å². The molecule has 0 aromatic heterocycles. The third-order valence-corrected chi connectivity index (χ3v) is 5.78. The molecule has 2 N–H and O–H groups in total. The average Bonchev–Trinajstić information content (AvgIpc) is 2.95. The van der Waals surface area contributed by atoms with E-state index in [0.717, 1.165) is 0 Å². The van der Waals surface area contributed by atoms with E-state index in [1.807, 2.05) is 6.92 Å². The van der Waals surface area contributed by atoms with Gasteiger partial charge in [-0.2, -0.15) is 4.31 Å². The number of aliphatic hydroxyl groups is 1. The quantitative estimate of drug-likeness (QED) is 0.848. The minimum Gasteiger partial charge on any atom is -0.478 e. The van der Waals surface area contributed by atoms with E-state index < -0.39 is 22.0 Å². The molecule has 0 radical (unpaired) electrons. The second-order valence-electron chi connectivity index (χ2n) is 5.07. The Hall–Kier alpha value is -1.44. The molecule has 1 aliphatic rings. The van der Waals surface area contributed by atoms with Gasteiger partial charge in [0.1, 0.15) is 0 Å². The lowest BCUT2D eigenvalue weighted by Gasteiger charge is -2.22. The van der Waals surface area contributed by atoms with Gasteiger partial charge >= 0.3 is 5.97 Å². The van der Waals surface area contributed by atoms with E-state index in [9.17, 15) is 23.4 Å². The van der Waals surface area contributed by atoms with Crippen LogP contribution in [0.1, 0.15) is 35.7 Å². The number of rotatable bonds is 5. The first kappa shape index (κ1) is 15.9. The van der Waals surface area contributed by atoms with Gasteiger partial charge in [0.2, 0.25) is 10.0 Å². The van der Waals surface area contributed by atoms with Gasteiger partial charge in [0.25, 0.3) is 0 Å². The standard InChI is InChI=1S/C14H19NO5S/c1-2-10-5-6-12(8-13(10)14(17)18)21(19,20)15-7-3-4-11(15)9-16/h5-6,8,11,16H,2-4,7,9H2,1H3,(H,17,18)/t11-/m0/s1. The van der Waals surface area contributed by atoms with Gasteiger partial charge in [-0.3, -0.25) is 0 Å². The van der Waals surface area contributed by atoms with Crippen molar-refractivity contribution in [2.45, 2.75) is 37.1 Å². The minimum absolute atomic E-state index is 0.0123. The average molecular weight is 313 g/mol. The van der Waals surface area contributed by atoms with Gasteiger partial charge in [-0.25, -0.2) is 13.2 Å². The third kappa shape index (κ3) is 2.95. The molecule has 0 spiro atoms. The Morgan fingerprint density at radius 3 is 2.71 bits per heavy atom. The molecule has 0 amide bonds. The summed E-state index contributed by atoms with van der Waals surface area (Å²) in [7, 11) is -3.77. The van der Waals surface area contributed by atoms with Crippen LogP contribution < -0.4 is 0 Å². The molecule has 7 heteroatoms. The number of nitrogens with zero attached hydrogens (tertiary/aromatic N) is 1. The number of benzene rings is 1. The molecule has 0 aliphatic carbocycles. The molecule has 1 saturated heterocycles. The Bertz CT molecular complexity index is 641. The fourth-order valence-corrected chi connectivity index (χ4v) is 4.38. The predicted octanol–water partition coefficient (Wildman–Crippen LogP) is 1.09. The van der Waals surface area contributed by atoms with Gasteiger partial charge in [0.15, 0.2) is 0 Å². The highest BCUT2D eigenvalue weighted by atomic mass is 32.2. The number of sulfonamides is 1. The number of hydrogen-bond donors (Lipinski definition) is 2. The fraction of sp³-hybridized carbons (Fsp3) is 0.500. The van der Waals surface area contributed by atoms with Gasteiger partial charge in [-0.05, 0) is 37.0 Å². The summed E-state index contributed by atoms with van der Waals surface area (Å²) < 4.78 is 26.5. The zero-order chi connectivity index (χ0) is 15.6. The van der Waals surface area contributed by atoms with E-state index >= 15 is 0 Å². The van der Waals surface area contributed by atoms with Crippen molar-refractivity contribution in [2.24, 2.45) is 0 Å². The van der Waals surface area contributed by atoms with Crippen LogP contribution >= 0.6 is 0 Å². The predicted molar refractivity (Wildman–Crippen MR) is 76.8 cm³/mol. The van der Waals surface area contributed by atoms with Gasteiger partial charge in [0, 0.05) is 12.6 Å². The van der Waals surface area contributed by atoms with Crippen molar-refractivity contribution in [1.29, 1.82) is 0 Å². The van der Waals surface area contributed by atoms with Crippen LogP contribution in [0.2, 0.25) is 0 Å². The van der Waals surface area contributed by atoms with Crippen molar-refractivity contribution < 1.29 is 23.4 Å². The number of carboxylic acids is 1. The zero-order valence-corrected chi connectivity index (χ0v) is 12.6. The first-order chi connectivity index (χ1) is 9.91. The maximum absolute atomic E-state index is 12.6. The van der Waals surface area contributed by atoms with E-state index in [1.165, 1.54) is 16.4 Å². The molecule has 1 heterocycles. The van der Waals surface area contributed by atoms with E-state index in [2.05, 4.69) is 0 Å². The minimum atomic E-state index is -3.77. The third-order valence-electron chi connectivity index (χ3n) is 3.83. The van der Waals surface area contributed by atoms with Gasteiger partial charge in [-0.15, -0.1) is 0 Å². The van der Waals surface area contributed by atoms with E-state index in [1.54, 1.807) is 6.07 Å². The van der Waals surface area contributed by atoms with Gasteiger partial charge < -0.3 is 10.2 Å². The summed E-state index contributed by atoms with van der Waals surface area (Å²) in [6.07, 6.45) is 1.84. The Labute approximate surface area is 124 Å². The summed E-state index contributed by atoms with van der Waals surface area (Å²) in [5, 5.41) is 18.5. The Morgan fingerprint density at radius 2 is 2.14 bits per heavy atom. The smallest absolute Gasteiger partial charge is 0.336 e. The van der Waals surface area contributed by atoms with Crippen LogP contribution in [0.5, 0.6) is 0 Å². The van der Waals surface area contributed by atoms with Gasteiger partial charge in [-0.1, -0.05) is 13.0 Å². The molecular formula is C14H19NO5S. The van der Waals surface area contributed by atoms with Crippen molar-refractivity contribution in [3.05, 3.63) is 29.3 Å². The zero-order valence-electron chi connectivity index (χ0n) is 11.8. The van der Waals surface area contributed by atoms with Crippen LogP contribution in [0, 0.1) is 0 Å². The van der Waals surface area contributed by atoms with Crippen LogP contribution in [0.15, 0.2) is 23.1 Å². The topological polar surface area (TPSA) is 94.9 Å². The first-order valence-electron chi connectivity index (χ1n) is 6.90. The van der Waals surface area contributed by atoms with Crippen LogP contribution in [0.25, 0.3) is 0 Å². The molecule has 0 bridgehead atoms. The molecule has 1 aromatic rings. The van der Waals surface area contributed by atoms with E-state index in [-0.39, 0.29) is 17.1 Å². The molecule has 116 valence electrons. The van der Waals surface area contributed by atoms with Crippen molar-refractivity contribution in [3.63, 3.8) is 0 Å². The molecule has 0 unspecified atom stereocenters. The lowest BCUT2D eigenvalue weighted by atomic mass is 10.1. The molecule has 0 saturated carbocycles. The van der Waals surface area contributed by atoms with E-state index in [4.69, 9.17) is 0 Å². The Morgan fingerprint density at radius 1 is 1.43 bits per heavy atom. The number of hydrogen-bond acceptors (Lipinski definition) is 4. The highest BCUT2D eigenvalue weighted by Gasteiger charge is 2.35. The molecule has 2 rings (SSSR count). The number of aliphatic hydroxyl groups excluding tert-OH is 1. The summed E-state index contributed by atoms with van der Waals surface area (Å²) >= 11 is 0. The molecular weight excluding hydrogens is 294 g/mol. The number of carbonyl (C=O) groups is 1. The number of aromatic carboxylic acids is 1. The lowest BCUT2D eigenvalue weighted by Crippen LogP contribution is -2.37. The highest BCUT2D eigenvalue weighted by Crippen LogP contribution is 2.27. The lowest BCUT2D eigenvalue weighted by molar-refractivity contribution is 0.0695. The van der Waals surface area contributed by atoms with E-state index in [0.29, 0.717) is 31.4 Å². The first-order valence-corrected chi connectivity index (χ1v) is 8.34. The Kier molecular flexibility index (Phi) is 4.65. The van der Waals surface area contributed by atoms with Crippen molar-refractivity contribution in [1.82, 2.24) is 4.31 Å². The summed E-state index contributed by atoms with van der Waals surface area (Å²) in [4.78, 5) is 11.2. The molecule has 1 aromatic carbocycles. The summed E-state index contributed by atoms with van der Waals surface area (Å²) in [6, 6.07) is 3.77. The number of aryl methyl sites for hydroxylation is 1. The summed E-state index contributed by atoms with van der Waals surface area (Å²) in [5.41, 5.74) is 0.611. The van der Waals surface area contributed by atoms with Gasteiger partial charge in [0.05, 0.1) is 17.1 Å². The Balaban J connectivity index is 2.45. The summed E-state index contributed by atoms with van der Waals surface area (Å²) in [6.45, 7) is 1.95. The molecule has 21 heavy (non-hydrogen) atoms. The van der Waals surface area contributed by atoms with Crippen molar-refractivity contribution >= 4 is 16.0 Å². The second kappa shape index (κ2) is 6.13. The maximum atomic E-state index is 12.6. The highest BCUT2D eigenvalue weighted by molar-refractivity contribution is 7.89. The van der Waals surface area contributed by atoms with Crippen molar-refractivity contribution in [3.8, 4) is 0 Å². The molecule has 1 fully saturated rings. The van der Waals surface area contributed by atoms with Crippen LogP contribution in [0.4, 0.5) is 0 Å². The second-order valence-corrected chi connectivity index (χ2v) is 6.96. The molecule has 1 aliphatic heterocycles.